The first-order chi connectivity index (χ1) is 12.9. The Bertz CT molecular complexity index is 1070. The number of fused-ring (bicyclic) bond motifs is 1. The van der Waals surface area contributed by atoms with Crippen LogP contribution in [0.15, 0.2) is 52.9 Å². The van der Waals surface area contributed by atoms with Crippen molar-refractivity contribution < 1.29 is 17.6 Å². The molecule has 1 fully saturated rings. The lowest BCUT2D eigenvalue weighted by Gasteiger charge is -2.21. The van der Waals surface area contributed by atoms with Crippen molar-refractivity contribution in [2.24, 2.45) is 0 Å². The third-order valence-electron chi connectivity index (χ3n) is 4.60. The Hall–Kier alpha value is -2.71. The molecule has 140 valence electrons. The smallest absolute Gasteiger partial charge is 0.242 e. The van der Waals surface area contributed by atoms with Crippen LogP contribution in [0.4, 0.5) is 5.69 Å². The number of sulfonamides is 1. The molecule has 27 heavy (non-hydrogen) atoms. The first-order valence-corrected chi connectivity index (χ1v) is 10.5. The average molecular weight is 385 g/mol. The summed E-state index contributed by atoms with van der Waals surface area (Å²) < 4.78 is 30.7. The van der Waals surface area contributed by atoms with E-state index in [-0.39, 0.29) is 5.91 Å². The maximum absolute atomic E-state index is 12.6. The van der Waals surface area contributed by atoms with Gasteiger partial charge in [-0.05, 0) is 43.2 Å². The number of hydrogen-bond donors (Lipinski definition) is 1. The summed E-state index contributed by atoms with van der Waals surface area (Å²) in [5, 5.41) is 2.82. The number of nitrogens with one attached hydrogen (secondary N) is 1. The van der Waals surface area contributed by atoms with E-state index in [0.717, 1.165) is 17.3 Å². The third-order valence-corrected chi connectivity index (χ3v) is 5.89. The van der Waals surface area contributed by atoms with Gasteiger partial charge >= 0.3 is 0 Å². The summed E-state index contributed by atoms with van der Waals surface area (Å²) in [4.78, 5) is 17.1. The summed E-state index contributed by atoms with van der Waals surface area (Å²) in [5.41, 5.74) is 2.75. The second-order valence-electron chi connectivity index (χ2n) is 6.59. The maximum atomic E-state index is 12.6. The van der Waals surface area contributed by atoms with E-state index in [9.17, 15) is 13.2 Å². The van der Waals surface area contributed by atoms with Crippen molar-refractivity contribution in [1.29, 1.82) is 0 Å². The number of nitrogens with zero attached hydrogens (tertiary/aromatic N) is 2. The highest BCUT2D eigenvalue weighted by Crippen LogP contribution is 2.27. The molecule has 1 N–H and O–H groups in total. The van der Waals surface area contributed by atoms with Crippen LogP contribution in [-0.2, 0) is 14.8 Å². The minimum absolute atomic E-state index is 0.326. The molecule has 0 radical (unpaired) electrons. The van der Waals surface area contributed by atoms with Gasteiger partial charge in [-0.15, -0.1) is 0 Å². The number of benzene rings is 2. The fourth-order valence-corrected chi connectivity index (χ4v) is 4.47. The SMILES string of the molecule is CS(=O)(=O)N1CCCC1C(=O)Nc1cccc(-c2nc3ccccc3o2)c1. The molecule has 2 aromatic carbocycles. The molecule has 8 heteroatoms. The second kappa shape index (κ2) is 6.79. The van der Waals surface area contributed by atoms with Crippen molar-refractivity contribution in [3.8, 4) is 11.5 Å². The van der Waals surface area contributed by atoms with E-state index in [4.69, 9.17) is 4.42 Å². The van der Waals surface area contributed by atoms with E-state index in [0.29, 0.717) is 36.5 Å². The highest BCUT2D eigenvalue weighted by Gasteiger charge is 2.36. The molecule has 0 aliphatic carbocycles. The lowest BCUT2D eigenvalue weighted by molar-refractivity contribution is -0.119. The highest BCUT2D eigenvalue weighted by molar-refractivity contribution is 7.88. The van der Waals surface area contributed by atoms with Crippen molar-refractivity contribution in [3.63, 3.8) is 0 Å². The Kier molecular flexibility index (Phi) is 4.45. The second-order valence-corrected chi connectivity index (χ2v) is 8.52. The van der Waals surface area contributed by atoms with Gasteiger partial charge in [0.25, 0.3) is 0 Å². The first kappa shape index (κ1) is 17.7. The molecule has 7 nitrogen and oxygen atoms in total. The van der Waals surface area contributed by atoms with Gasteiger partial charge in [-0.3, -0.25) is 4.79 Å². The number of amides is 1. The molecule has 1 aromatic heterocycles. The van der Waals surface area contributed by atoms with Crippen LogP contribution in [0.2, 0.25) is 0 Å². The zero-order chi connectivity index (χ0) is 19.0. The fraction of sp³-hybridized carbons (Fsp3) is 0.263. The number of oxazole rings is 1. The minimum atomic E-state index is -3.41. The van der Waals surface area contributed by atoms with Crippen LogP contribution >= 0.6 is 0 Å². The predicted molar refractivity (Wildman–Crippen MR) is 103 cm³/mol. The summed E-state index contributed by atoms with van der Waals surface area (Å²) in [7, 11) is -3.41. The van der Waals surface area contributed by atoms with E-state index in [1.807, 2.05) is 30.3 Å². The summed E-state index contributed by atoms with van der Waals surface area (Å²) in [6.45, 7) is 0.375. The molecular weight excluding hydrogens is 366 g/mol. The third kappa shape index (κ3) is 3.58. The van der Waals surface area contributed by atoms with E-state index in [1.165, 1.54) is 4.31 Å². The molecule has 1 aliphatic rings. The van der Waals surface area contributed by atoms with Crippen LogP contribution in [0.1, 0.15) is 12.8 Å². The quantitative estimate of drug-likeness (QED) is 0.745. The molecule has 2 heterocycles. The summed E-state index contributed by atoms with van der Waals surface area (Å²) in [6, 6.07) is 14.0. The molecule has 3 aromatic rings. The molecule has 4 rings (SSSR count). The van der Waals surface area contributed by atoms with E-state index < -0.39 is 16.1 Å². The topological polar surface area (TPSA) is 92.5 Å². The van der Waals surface area contributed by atoms with Gasteiger partial charge in [0, 0.05) is 17.8 Å². The van der Waals surface area contributed by atoms with E-state index in [1.54, 1.807) is 18.2 Å². The van der Waals surface area contributed by atoms with Crippen LogP contribution in [0.25, 0.3) is 22.6 Å². The van der Waals surface area contributed by atoms with Gasteiger partial charge in [-0.2, -0.15) is 4.31 Å². The zero-order valence-corrected chi connectivity index (χ0v) is 15.6. The molecule has 1 unspecified atom stereocenters. The number of hydrogen-bond acceptors (Lipinski definition) is 5. The van der Waals surface area contributed by atoms with E-state index >= 15 is 0 Å². The van der Waals surface area contributed by atoms with Crippen LogP contribution < -0.4 is 5.32 Å². The Morgan fingerprint density at radius 2 is 2.04 bits per heavy atom. The molecule has 0 saturated carbocycles. The van der Waals surface area contributed by atoms with Crippen molar-refractivity contribution in [2.45, 2.75) is 18.9 Å². The summed E-state index contributed by atoms with van der Waals surface area (Å²) in [5.74, 6) is 0.138. The summed E-state index contributed by atoms with van der Waals surface area (Å²) >= 11 is 0. The van der Waals surface area contributed by atoms with Crippen molar-refractivity contribution in [2.75, 3.05) is 18.1 Å². The largest absolute Gasteiger partial charge is 0.436 e. The van der Waals surface area contributed by atoms with Crippen molar-refractivity contribution in [3.05, 3.63) is 48.5 Å². The van der Waals surface area contributed by atoms with Crippen LogP contribution in [0.5, 0.6) is 0 Å². The number of aromatic nitrogens is 1. The van der Waals surface area contributed by atoms with Crippen molar-refractivity contribution >= 4 is 32.7 Å². The van der Waals surface area contributed by atoms with Gasteiger partial charge < -0.3 is 9.73 Å². The molecular formula is C19H19N3O4S. The van der Waals surface area contributed by atoms with E-state index in [2.05, 4.69) is 10.3 Å². The predicted octanol–water partition coefficient (Wildman–Crippen LogP) is 2.86. The number of carbonyl (C=O) groups excluding carboxylic acids is 1. The number of anilines is 1. The molecule has 1 saturated heterocycles. The molecule has 1 atom stereocenters. The molecule has 1 amide bonds. The lowest BCUT2D eigenvalue weighted by atomic mass is 10.1. The van der Waals surface area contributed by atoms with Crippen LogP contribution in [-0.4, -0.2) is 42.5 Å². The van der Waals surface area contributed by atoms with Crippen molar-refractivity contribution in [1.82, 2.24) is 9.29 Å². The fourth-order valence-electron chi connectivity index (χ4n) is 3.35. The normalized spacial score (nSPS) is 18.0. The zero-order valence-electron chi connectivity index (χ0n) is 14.8. The van der Waals surface area contributed by atoms with Gasteiger partial charge in [0.1, 0.15) is 11.6 Å². The van der Waals surface area contributed by atoms with Gasteiger partial charge in [0.15, 0.2) is 5.58 Å². The molecule has 0 bridgehead atoms. The monoisotopic (exact) mass is 385 g/mol. The van der Waals surface area contributed by atoms with Gasteiger partial charge in [0.05, 0.1) is 6.26 Å². The Morgan fingerprint density at radius 1 is 1.22 bits per heavy atom. The van der Waals surface area contributed by atoms with Crippen LogP contribution in [0, 0.1) is 0 Å². The highest BCUT2D eigenvalue weighted by atomic mass is 32.2. The first-order valence-electron chi connectivity index (χ1n) is 8.65. The molecule has 1 aliphatic heterocycles. The van der Waals surface area contributed by atoms with Gasteiger partial charge in [0.2, 0.25) is 21.8 Å². The minimum Gasteiger partial charge on any atom is -0.436 e. The summed E-state index contributed by atoms with van der Waals surface area (Å²) in [6.07, 6.45) is 2.32. The van der Waals surface area contributed by atoms with Crippen LogP contribution in [0.3, 0.4) is 0 Å². The number of rotatable bonds is 4. The molecule has 0 spiro atoms. The standard InChI is InChI=1S/C19H19N3O4S/c1-27(24,25)22-11-5-9-16(22)18(23)20-14-7-4-6-13(12-14)19-21-15-8-2-3-10-17(15)26-19/h2-4,6-8,10,12,16H,5,9,11H2,1H3,(H,20,23). The Labute approximate surface area is 157 Å². The average Bonchev–Trinajstić information content (AvgIpc) is 3.28. The number of para-hydroxylation sites is 2. The Balaban J connectivity index is 1.57. The Morgan fingerprint density at radius 3 is 2.81 bits per heavy atom. The number of carbonyl (C=O) groups is 1. The lowest BCUT2D eigenvalue weighted by Crippen LogP contribution is -2.42. The van der Waals surface area contributed by atoms with Gasteiger partial charge in [-0.1, -0.05) is 18.2 Å². The maximum Gasteiger partial charge on any atom is 0.242 e. The van der Waals surface area contributed by atoms with Gasteiger partial charge in [-0.25, -0.2) is 13.4 Å².